The third kappa shape index (κ3) is 3.59. The van der Waals surface area contributed by atoms with E-state index in [0.29, 0.717) is 23.3 Å². The Morgan fingerprint density at radius 1 is 1.47 bits per heavy atom. The number of hydrogen-bond acceptors (Lipinski definition) is 5. The van der Waals surface area contributed by atoms with Crippen LogP contribution in [0.4, 0.5) is 0 Å². The first-order chi connectivity index (χ1) is 9.10. The van der Waals surface area contributed by atoms with Gasteiger partial charge in [-0.2, -0.15) is 0 Å². The van der Waals surface area contributed by atoms with Crippen molar-refractivity contribution in [1.82, 2.24) is 10.3 Å². The molecule has 0 amide bonds. The molecule has 0 unspecified atom stereocenters. The number of benzene rings is 1. The number of thiazole rings is 1. The topological polar surface area (TPSA) is 74.3 Å². The van der Waals surface area contributed by atoms with Crippen molar-refractivity contribution < 1.29 is 9.84 Å². The van der Waals surface area contributed by atoms with E-state index in [0.717, 1.165) is 22.6 Å². The molecular formula is C12H13BrN2O3S. The molecule has 1 aromatic heterocycles. The fourth-order valence-corrected chi connectivity index (χ4v) is 2.70. The highest BCUT2D eigenvalue weighted by Crippen LogP contribution is 2.35. The van der Waals surface area contributed by atoms with Gasteiger partial charge in [-0.15, -0.1) is 0 Å². The van der Waals surface area contributed by atoms with Gasteiger partial charge >= 0.3 is 4.87 Å². The Bertz CT molecular complexity index is 624. The number of nitrogens with one attached hydrogen (secondary N) is 2. The molecule has 0 aliphatic carbocycles. The second kappa shape index (κ2) is 6.23. The zero-order valence-corrected chi connectivity index (χ0v) is 12.6. The van der Waals surface area contributed by atoms with E-state index in [1.807, 2.05) is 6.07 Å². The fourth-order valence-electron chi connectivity index (χ4n) is 1.63. The predicted molar refractivity (Wildman–Crippen MR) is 77.8 cm³/mol. The smallest absolute Gasteiger partial charge is 0.304 e. The zero-order chi connectivity index (χ0) is 13.8. The van der Waals surface area contributed by atoms with Crippen molar-refractivity contribution in [3.05, 3.63) is 42.9 Å². The van der Waals surface area contributed by atoms with Crippen LogP contribution in [-0.4, -0.2) is 17.2 Å². The summed E-state index contributed by atoms with van der Waals surface area (Å²) < 4.78 is 5.67. The first-order valence-electron chi connectivity index (χ1n) is 5.53. The van der Waals surface area contributed by atoms with Crippen LogP contribution in [0.25, 0.3) is 0 Å². The summed E-state index contributed by atoms with van der Waals surface area (Å²) >= 11 is 4.42. The van der Waals surface area contributed by atoms with Crippen molar-refractivity contribution >= 4 is 27.3 Å². The number of aromatic amines is 1. The van der Waals surface area contributed by atoms with Gasteiger partial charge < -0.3 is 20.1 Å². The SMILES string of the molecule is COc1cc(CNCc2csc(=O)[nH]2)cc(Br)c1O. The molecule has 0 spiro atoms. The molecule has 0 fully saturated rings. The Hall–Kier alpha value is -1.31. The van der Waals surface area contributed by atoms with Gasteiger partial charge in [0, 0.05) is 24.2 Å². The average molecular weight is 345 g/mol. The monoisotopic (exact) mass is 344 g/mol. The Balaban J connectivity index is 1.99. The van der Waals surface area contributed by atoms with E-state index in [9.17, 15) is 9.90 Å². The highest BCUT2D eigenvalue weighted by atomic mass is 79.9. The Kier molecular flexibility index (Phi) is 4.62. The molecule has 0 atom stereocenters. The summed E-state index contributed by atoms with van der Waals surface area (Å²) in [5.74, 6) is 0.517. The summed E-state index contributed by atoms with van der Waals surface area (Å²) in [6, 6.07) is 3.59. The summed E-state index contributed by atoms with van der Waals surface area (Å²) in [5.41, 5.74) is 1.83. The number of aromatic nitrogens is 1. The summed E-state index contributed by atoms with van der Waals surface area (Å²) in [4.78, 5) is 13.7. The standard InChI is InChI=1S/C12H13BrN2O3S/c1-18-10-3-7(2-9(13)11(10)16)4-14-5-8-6-19-12(17)15-8/h2-3,6,14,16H,4-5H2,1H3,(H,15,17). The van der Waals surface area contributed by atoms with Crippen LogP contribution in [0.3, 0.4) is 0 Å². The van der Waals surface area contributed by atoms with Crippen molar-refractivity contribution in [1.29, 1.82) is 0 Å². The van der Waals surface area contributed by atoms with Crippen molar-refractivity contribution in [3.8, 4) is 11.5 Å². The van der Waals surface area contributed by atoms with Gasteiger partial charge in [0.2, 0.25) is 0 Å². The number of H-pyrrole nitrogens is 1. The van der Waals surface area contributed by atoms with Crippen LogP contribution in [0.2, 0.25) is 0 Å². The minimum Gasteiger partial charge on any atom is -0.503 e. The van der Waals surface area contributed by atoms with Crippen molar-refractivity contribution in [2.75, 3.05) is 7.11 Å². The van der Waals surface area contributed by atoms with E-state index in [1.54, 1.807) is 11.4 Å². The highest BCUT2D eigenvalue weighted by molar-refractivity contribution is 9.10. The largest absolute Gasteiger partial charge is 0.503 e. The second-order valence-electron chi connectivity index (χ2n) is 3.91. The van der Waals surface area contributed by atoms with Crippen LogP contribution in [0, 0.1) is 0 Å². The third-order valence-electron chi connectivity index (χ3n) is 2.52. The molecule has 0 aliphatic heterocycles. The van der Waals surface area contributed by atoms with Gasteiger partial charge in [0.1, 0.15) is 0 Å². The first-order valence-corrected chi connectivity index (χ1v) is 7.20. The lowest BCUT2D eigenvalue weighted by molar-refractivity contribution is 0.371. The summed E-state index contributed by atoms with van der Waals surface area (Å²) in [6.45, 7) is 1.19. The van der Waals surface area contributed by atoms with Crippen LogP contribution >= 0.6 is 27.3 Å². The van der Waals surface area contributed by atoms with E-state index in [1.165, 1.54) is 7.11 Å². The van der Waals surface area contributed by atoms with Crippen LogP contribution in [0.15, 0.2) is 26.8 Å². The number of ether oxygens (including phenoxy) is 1. The van der Waals surface area contributed by atoms with E-state index >= 15 is 0 Å². The van der Waals surface area contributed by atoms with E-state index in [-0.39, 0.29) is 10.6 Å². The molecular weight excluding hydrogens is 332 g/mol. The number of aromatic hydroxyl groups is 1. The maximum atomic E-state index is 11.0. The van der Waals surface area contributed by atoms with E-state index < -0.39 is 0 Å². The summed E-state index contributed by atoms with van der Waals surface area (Å²) in [7, 11) is 1.51. The number of halogens is 1. The maximum absolute atomic E-state index is 11.0. The van der Waals surface area contributed by atoms with Crippen molar-refractivity contribution in [2.45, 2.75) is 13.1 Å². The molecule has 2 rings (SSSR count). The van der Waals surface area contributed by atoms with Crippen molar-refractivity contribution in [3.63, 3.8) is 0 Å². The fraction of sp³-hybridized carbons (Fsp3) is 0.250. The minimum absolute atomic E-state index is 0.0501. The normalized spacial score (nSPS) is 10.6. The second-order valence-corrected chi connectivity index (χ2v) is 5.60. The van der Waals surface area contributed by atoms with Crippen LogP contribution in [-0.2, 0) is 13.1 Å². The molecule has 0 radical (unpaired) electrons. The quantitative estimate of drug-likeness (QED) is 0.777. The van der Waals surface area contributed by atoms with Crippen LogP contribution < -0.4 is 14.9 Å². The lowest BCUT2D eigenvalue weighted by Gasteiger charge is -2.09. The van der Waals surface area contributed by atoms with Gasteiger partial charge in [0.05, 0.1) is 11.6 Å². The van der Waals surface area contributed by atoms with E-state index in [4.69, 9.17) is 4.74 Å². The molecule has 0 saturated heterocycles. The third-order valence-corrected chi connectivity index (χ3v) is 3.85. The Morgan fingerprint density at radius 2 is 2.26 bits per heavy atom. The summed E-state index contributed by atoms with van der Waals surface area (Å²) in [6.07, 6.45) is 0. The minimum atomic E-state index is -0.0501. The number of rotatable bonds is 5. The zero-order valence-electron chi connectivity index (χ0n) is 10.2. The van der Waals surface area contributed by atoms with Gasteiger partial charge in [0.25, 0.3) is 0 Å². The Morgan fingerprint density at radius 3 is 2.89 bits per heavy atom. The maximum Gasteiger partial charge on any atom is 0.304 e. The van der Waals surface area contributed by atoms with Crippen LogP contribution in [0.1, 0.15) is 11.3 Å². The molecule has 19 heavy (non-hydrogen) atoms. The van der Waals surface area contributed by atoms with Crippen molar-refractivity contribution in [2.24, 2.45) is 0 Å². The lowest BCUT2D eigenvalue weighted by Crippen LogP contribution is -2.13. The first kappa shape index (κ1) is 14.1. The lowest BCUT2D eigenvalue weighted by atomic mass is 10.2. The van der Waals surface area contributed by atoms with Gasteiger partial charge in [-0.1, -0.05) is 11.3 Å². The summed E-state index contributed by atoms with van der Waals surface area (Å²) in [5, 5.41) is 14.7. The molecule has 7 heteroatoms. The number of phenols is 1. The molecule has 0 saturated carbocycles. The van der Waals surface area contributed by atoms with Gasteiger partial charge in [0.15, 0.2) is 11.5 Å². The molecule has 0 aliphatic rings. The molecule has 5 nitrogen and oxygen atoms in total. The molecule has 102 valence electrons. The highest BCUT2D eigenvalue weighted by Gasteiger charge is 2.08. The van der Waals surface area contributed by atoms with E-state index in [2.05, 4.69) is 26.2 Å². The van der Waals surface area contributed by atoms with Gasteiger partial charge in [-0.25, -0.2) is 0 Å². The number of phenolic OH excluding ortho intramolecular Hbond substituents is 1. The molecule has 2 aromatic rings. The molecule has 1 aromatic carbocycles. The number of hydrogen-bond donors (Lipinski definition) is 3. The van der Waals surface area contributed by atoms with Gasteiger partial charge in [-0.3, -0.25) is 4.79 Å². The average Bonchev–Trinajstić information content (AvgIpc) is 2.79. The number of methoxy groups -OCH3 is 1. The molecule has 3 N–H and O–H groups in total. The molecule has 1 heterocycles. The molecule has 0 bridgehead atoms. The van der Waals surface area contributed by atoms with Crippen LogP contribution in [0.5, 0.6) is 11.5 Å². The van der Waals surface area contributed by atoms with Gasteiger partial charge in [-0.05, 0) is 33.6 Å². The Labute approximate surface area is 122 Å². The predicted octanol–water partition coefficient (Wildman–Crippen LogP) is 2.20.